The maximum atomic E-state index is 5.64. The van der Waals surface area contributed by atoms with Gasteiger partial charge in [0.2, 0.25) is 0 Å². The minimum absolute atomic E-state index is 0.562. The summed E-state index contributed by atoms with van der Waals surface area (Å²) in [5, 5.41) is 2.90. The Morgan fingerprint density at radius 2 is 2.40 bits per heavy atom. The van der Waals surface area contributed by atoms with E-state index in [1.54, 1.807) is 11.3 Å². The van der Waals surface area contributed by atoms with Crippen LogP contribution in [0.4, 0.5) is 5.69 Å². The first kappa shape index (κ1) is 7.43. The highest BCUT2D eigenvalue weighted by molar-refractivity contribution is 7.09. The fourth-order valence-corrected chi connectivity index (χ4v) is 1.60. The van der Waals surface area contributed by atoms with Gasteiger partial charge in [0, 0.05) is 4.88 Å². The minimum Gasteiger partial charge on any atom is -0.391 e. The number of nitrogens with two attached hydrogens (primary N) is 1. The van der Waals surface area contributed by atoms with E-state index in [-0.39, 0.29) is 0 Å². The lowest BCUT2D eigenvalue weighted by atomic mass is 10.1. The Bertz CT molecular complexity index is 205. The van der Waals surface area contributed by atoms with E-state index >= 15 is 0 Å². The van der Waals surface area contributed by atoms with Crippen LogP contribution in [0, 0.1) is 11.4 Å². The Morgan fingerprint density at radius 1 is 1.70 bits per heavy atom. The van der Waals surface area contributed by atoms with Gasteiger partial charge in [-0.05, 0) is 23.8 Å². The maximum Gasteiger partial charge on any atom is 0.0981 e. The van der Waals surface area contributed by atoms with Gasteiger partial charge in [0.25, 0.3) is 0 Å². The van der Waals surface area contributed by atoms with E-state index in [4.69, 9.17) is 5.73 Å². The first-order valence-corrected chi connectivity index (χ1v) is 4.24. The molecular weight excluding hydrogens is 142 g/mol. The van der Waals surface area contributed by atoms with Crippen molar-refractivity contribution in [2.75, 3.05) is 5.73 Å². The average molecular weight is 153 g/mol. The molecule has 0 aromatic carbocycles. The molecule has 1 rings (SSSR count). The van der Waals surface area contributed by atoms with Crippen LogP contribution in [0.2, 0.25) is 0 Å². The van der Waals surface area contributed by atoms with Gasteiger partial charge < -0.3 is 5.73 Å². The lowest BCUT2D eigenvalue weighted by Crippen LogP contribution is -1.92. The van der Waals surface area contributed by atoms with Crippen molar-refractivity contribution in [3.05, 3.63) is 16.3 Å². The van der Waals surface area contributed by atoms with E-state index in [2.05, 4.69) is 25.3 Å². The molecule has 0 saturated heterocycles. The molecule has 0 aliphatic carbocycles. The third kappa shape index (κ3) is 1.25. The summed E-state index contributed by atoms with van der Waals surface area (Å²) >= 11 is 1.58. The van der Waals surface area contributed by atoms with Crippen molar-refractivity contribution >= 4 is 17.0 Å². The molecule has 1 heterocycles. The van der Waals surface area contributed by atoms with E-state index in [1.807, 2.05) is 0 Å². The molecule has 0 amide bonds. The van der Waals surface area contributed by atoms with Crippen molar-refractivity contribution in [1.29, 1.82) is 0 Å². The molecule has 0 radical (unpaired) electrons. The highest BCUT2D eigenvalue weighted by Crippen LogP contribution is 2.26. The van der Waals surface area contributed by atoms with Crippen LogP contribution in [0.3, 0.4) is 0 Å². The van der Waals surface area contributed by atoms with Crippen LogP contribution in [0.15, 0.2) is 0 Å². The van der Waals surface area contributed by atoms with Crippen molar-refractivity contribution in [2.24, 2.45) is 0 Å². The third-order valence-electron chi connectivity index (χ3n) is 1.67. The van der Waals surface area contributed by atoms with Gasteiger partial charge in [0.15, 0.2) is 0 Å². The normalized spacial score (nSPS) is 12.6. The van der Waals surface area contributed by atoms with Crippen molar-refractivity contribution < 1.29 is 0 Å². The summed E-state index contributed by atoms with van der Waals surface area (Å²) in [6, 6.07) is 2.86. The second-order valence-electron chi connectivity index (χ2n) is 2.42. The fourth-order valence-electron chi connectivity index (χ4n) is 0.803. The maximum absolute atomic E-state index is 5.64. The molecule has 0 bridgehead atoms. The van der Waals surface area contributed by atoms with Crippen molar-refractivity contribution in [1.82, 2.24) is 0 Å². The number of hydrogen-bond donors (Lipinski definition) is 1. The van der Waals surface area contributed by atoms with Crippen LogP contribution < -0.4 is 5.73 Å². The molecule has 0 saturated carbocycles. The highest BCUT2D eigenvalue weighted by Gasteiger charge is 2.06. The molecule has 1 aromatic heterocycles. The first-order valence-electron chi connectivity index (χ1n) is 3.43. The zero-order chi connectivity index (χ0) is 7.56. The Balaban J connectivity index is 2.82. The lowest BCUT2D eigenvalue weighted by Gasteiger charge is -2.04. The van der Waals surface area contributed by atoms with Crippen molar-refractivity contribution in [2.45, 2.75) is 26.2 Å². The molecule has 1 unspecified atom stereocenters. The summed E-state index contributed by atoms with van der Waals surface area (Å²) in [7, 11) is 0. The first-order chi connectivity index (χ1) is 4.75. The van der Waals surface area contributed by atoms with Gasteiger partial charge in [-0.15, -0.1) is 0 Å². The Kier molecular flexibility index (Phi) is 2.18. The highest BCUT2D eigenvalue weighted by atomic mass is 32.1. The molecule has 0 spiro atoms. The molecule has 0 fully saturated rings. The monoisotopic (exact) mass is 153 g/mol. The molecule has 1 aromatic rings. The molecule has 0 aliphatic rings. The molecule has 2 N–H and O–H groups in total. The third-order valence-corrected chi connectivity index (χ3v) is 2.72. The van der Waals surface area contributed by atoms with E-state index in [0.29, 0.717) is 5.92 Å². The van der Waals surface area contributed by atoms with Gasteiger partial charge in [0.05, 0.1) is 5.69 Å². The van der Waals surface area contributed by atoms with Gasteiger partial charge in [-0.2, -0.15) is 0 Å². The Morgan fingerprint density at radius 3 is 2.80 bits per heavy atom. The lowest BCUT2D eigenvalue weighted by molar-refractivity contribution is 0.750. The number of anilines is 1. The predicted molar refractivity (Wildman–Crippen MR) is 45.1 cm³/mol. The number of nitrogen functional groups attached to an aromatic ring is 1. The van der Waals surface area contributed by atoms with Gasteiger partial charge >= 0.3 is 0 Å². The summed E-state index contributed by atoms with van der Waals surface area (Å²) in [6.07, 6.45) is 1.13. The van der Waals surface area contributed by atoms with Crippen LogP contribution in [0.1, 0.15) is 31.1 Å². The molecule has 2 heteroatoms. The van der Waals surface area contributed by atoms with Gasteiger partial charge in [-0.1, -0.05) is 25.2 Å². The smallest absolute Gasteiger partial charge is 0.0981 e. The van der Waals surface area contributed by atoms with Crippen molar-refractivity contribution in [3.8, 4) is 0 Å². The Labute approximate surface area is 65.9 Å². The van der Waals surface area contributed by atoms with Crippen LogP contribution in [-0.2, 0) is 0 Å². The number of rotatable bonds is 2. The quantitative estimate of drug-likeness (QED) is 0.694. The molecule has 0 aliphatic heterocycles. The fraction of sp³-hybridized carbons (Fsp3) is 0.500. The molecule has 1 atom stereocenters. The topological polar surface area (TPSA) is 26.0 Å². The molecule has 1 nitrogen and oxygen atoms in total. The molecule has 10 heavy (non-hydrogen) atoms. The largest absolute Gasteiger partial charge is 0.391 e. The zero-order valence-corrected chi connectivity index (χ0v) is 7.09. The van der Waals surface area contributed by atoms with E-state index in [0.717, 1.165) is 12.1 Å². The summed E-state index contributed by atoms with van der Waals surface area (Å²) in [5.41, 5.74) is 6.42. The zero-order valence-electron chi connectivity index (χ0n) is 6.27. The van der Waals surface area contributed by atoms with Crippen LogP contribution in [-0.4, -0.2) is 0 Å². The summed E-state index contributed by atoms with van der Waals surface area (Å²) in [6.45, 7) is 4.33. The Hall–Kier alpha value is -0.680. The van der Waals surface area contributed by atoms with Crippen LogP contribution in [0.25, 0.3) is 0 Å². The van der Waals surface area contributed by atoms with Crippen LogP contribution in [0.5, 0.6) is 0 Å². The minimum atomic E-state index is 0.562. The average Bonchev–Trinajstić information content (AvgIpc) is 2.34. The van der Waals surface area contributed by atoms with Crippen molar-refractivity contribution in [3.63, 3.8) is 0 Å². The summed E-state index contributed by atoms with van der Waals surface area (Å²) in [5.74, 6) is 0.562. The van der Waals surface area contributed by atoms with Gasteiger partial charge in [-0.25, -0.2) is 0 Å². The molecular formula is C8H11NS. The predicted octanol–water partition coefficient (Wildman–Crippen LogP) is 2.44. The second-order valence-corrected chi connectivity index (χ2v) is 3.26. The second kappa shape index (κ2) is 2.94. The van der Waals surface area contributed by atoms with E-state index < -0.39 is 0 Å². The van der Waals surface area contributed by atoms with E-state index in [1.165, 1.54) is 4.88 Å². The number of hydrogen-bond acceptors (Lipinski definition) is 2. The van der Waals surface area contributed by atoms with E-state index in [9.17, 15) is 0 Å². The molecule has 54 valence electrons. The van der Waals surface area contributed by atoms with Crippen LogP contribution >= 0.6 is 11.3 Å². The standard InChI is InChI=1S/C8H11NS/c1-3-6(2)8-7(9)4-5-10-8/h6H,3,9H2,1-2H3. The van der Waals surface area contributed by atoms with Gasteiger partial charge in [0.1, 0.15) is 0 Å². The summed E-state index contributed by atoms with van der Waals surface area (Å²) < 4.78 is 0. The SMILES string of the molecule is CCC(C)c1sc#cc1N. The summed E-state index contributed by atoms with van der Waals surface area (Å²) in [4.78, 5) is 1.22. The van der Waals surface area contributed by atoms with Gasteiger partial charge in [-0.3, -0.25) is 0 Å².